The molecule has 7 nitrogen and oxygen atoms in total. The third kappa shape index (κ3) is 3.94. The van der Waals surface area contributed by atoms with Crippen molar-refractivity contribution in [3.8, 4) is 0 Å². The Morgan fingerprint density at radius 3 is 2.53 bits per heavy atom. The molecule has 4 aromatic heterocycles. The normalized spacial score (nSPS) is 14.8. The number of carbonyl (C=O) groups excluding carboxylic acids is 1. The van der Waals surface area contributed by atoms with Crippen molar-refractivity contribution in [2.24, 2.45) is 0 Å². The summed E-state index contributed by atoms with van der Waals surface area (Å²) in [7, 11) is 0. The number of rotatable bonds is 5. The first-order valence-electron chi connectivity index (χ1n) is 11.5. The van der Waals surface area contributed by atoms with Gasteiger partial charge in [0.05, 0.1) is 11.3 Å². The first kappa shape index (κ1) is 20.9. The average Bonchev–Trinajstić information content (AvgIpc) is 3.51. The van der Waals surface area contributed by atoms with Crippen molar-refractivity contribution in [1.82, 2.24) is 28.9 Å². The minimum Gasteiger partial charge on any atom is -0.339 e. The summed E-state index contributed by atoms with van der Waals surface area (Å²) in [4.78, 5) is 21.1. The number of thioether (sulfide) groups is 1. The van der Waals surface area contributed by atoms with Gasteiger partial charge < -0.3 is 9.30 Å². The molecule has 0 unspecified atom stereocenters. The van der Waals surface area contributed by atoms with Crippen molar-refractivity contribution in [1.29, 1.82) is 0 Å². The lowest BCUT2D eigenvalue weighted by atomic mass is 9.95. The van der Waals surface area contributed by atoms with Crippen molar-refractivity contribution in [2.45, 2.75) is 29.4 Å². The first-order chi connectivity index (χ1) is 16.8. The molecule has 170 valence electrons. The van der Waals surface area contributed by atoms with E-state index in [1.54, 1.807) is 11.8 Å². The lowest BCUT2D eigenvalue weighted by Gasteiger charge is -2.31. The minimum atomic E-state index is 0.0997. The molecule has 5 aromatic rings. The van der Waals surface area contributed by atoms with E-state index in [4.69, 9.17) is 0 Å². The summed E-state index contributed by atoms with van der Waals surface area (Å²) < 4.78 is 4.09. The van der Waals surface area contributed by atoms with E-state index in [1.807, 2.05) is 88.6 Å². The molecule has 0 radical (unpaired) electrons. The smallest absolute Gasteiger partial charge is 0.254 e. The summed E-state index contributed by atoms with van der Waals surface area (Å²) in [6, 6.07) is 19.8. The summed E-state index contributed by atoms with van der Waals surface area (Å²) in [5, 5.41) is 8.72. The zero-order valence-corrected chi connectivity index (χ0v) is 19.4. The number of imidazole rings is 1. The molecule has 1 aliphatic heterocycles. The Morgan fingerprint density at radius 2 is 1.68 bits per heavy atom. The molecule has 34 heavy (non-hydrogen) atoms. The van der Waals surface area contributed by atoms with Crippen molar-refractivity contribution in [3.63, 3.8) is 0 Å². The minimum absolute atomic E-state index is 0.0997. The second kappa shape index (κ2) is 8.95. The Hall–Kier alpha value is -3.65. The predicted octanol–water partition coefficient (Wildman–Crippen LogP) is 4.69. The van der Waals surface area contributed by atoms with E-state index in [0.29, 0.717) is 11.7 Å². The Morgan fingerprint density at radius 1 is 0.912 bits per heavy atom. The van der Waals surface area contributed by atoms with E-state index in [0.717, 1.165) is 59.2 Å². The highest BCUT2D eigenvalue weighted by Gasteiger charge is 2.28. The molecule has 0 aliphatic carbocycles. The molecule has 1 aliphatic rings. The van der Waals surface area contributed by atoms with Crippen LogP contribution in [0, 0.1) is 0 Å². The molecular weight excluding hydrogens is 444 g/mol. The molecule has 0 atom stereocenters. The molecule has 0 spiro atoms. The van der Waals surface area contributed by atoms with Crippen LogP contribution in [0.2, 0.25) is 0 Å². The fourth-order valence-electron chi connectivity index (χ4n) is 4.63. The summed E-state index contributed by atoms with van der Waals surface area (Å²) in [5.74, 6) is 2.11. The molecule has 6 rings (SSSR count). The zero-order chi connectivity index (χ0) is 22.9. The van der Waals surface area contributed by atoms with Gasteiger partial charge in [-0.05, 0) is 49.2 Å². The molecule has 1 saturated heterocycles. The number of carbonyl (C=O) groups is 1. The maximum atomic E-state index is 13.4. The number of piperidine rings is 1. The maximum absolute atomic E-state index is 13.4. The summed E-state index contributed by atoms with van der Waals surface area (Å²) in [6.07, 6.45) is 7.83. The van der Waals surface area contributed by atoms with Crippen LogP contribution >= 0.6 is 11.8 Å². The highest BCUT2D eigenvalue weighted by molar-refractivity contribution is 7.98. The van der Waals surface area contributed by atoms with Crippen LogP contribution in [-0.4, -0.2) is 47.9 Å². The Labute approximate surface area is 201 Å². The van der Waals surface area contributed by atoms with Crippen LogP contribution in [0.1, 0.15) is 40.6 Å². The van der Waals surface area contributed by atoms with Gasteiger partial charge in [0.2, 0.25) is 0 Å². The number of nitrogens with zero attached hydrogens (tertiary/aromatic N) is 6. The third-order valence-corrected chi connectivity index (χ3v) is 7.50. The quantitative estimate of drug-likeness (QED) is 0.350. The van der Waals surface area contributed by atoms with Gasteiger partial charge in [0.15, 0.2) is 5.65 Å². The van der Waals surface area contributed by atoms with Gasteiger partial charge in [0.1, 0.15) is 11.5 Å². The zero-order valence-electron chi connectivity index (χ0n) is 18.6. The standard InChI is InChI=1S/C26H24N6OS/c33-26(30-15-11-19(12-16-30)25-29-28-24-10-4-6-14-32(24)25)21-7-1-2-8-22(21)34-18-20-17-31-13-5-3-9-23(31)27-20/h1-10,13-14,17,19H,11-12,15-16,18H2. The highest BCUT2D eigenvalue weighted by Crippen LogP contribution is 2.31. The van der Waals surface area contributed by atoms with E-state index < -0.39 is 0 Å². The van der Waals surface area contributed by atoms with Crippen molar-refractivity contribution in [2.75, 3.05) is 13.1 Å². The highest BCUT2D eigenvalue weighted by atomic mass is 32.2. The van der Waals surface area contributed by atoms with Gasteiger partial charge in [-0.15, -0.1) is 22.0 Å². The van der Waals surface area contributed by atoms with Crippen LogP contribution in [0.5, 0.6) is 0 Å². The number of aromatic nitrogens is 5. The summed E-state index contributed by atoms with van der Waals surface area (Å²) in [5.41, 5.74) is 3.57. The molecular formula is C26H24N6OS. The van der Waals surface area contributed by atoms with Gasteiger partial charge in [0.25, 0.3) is 5.91 Å². The second-order valence-corrected chi connectivity index (χ2v) is 9.55. The van der Waals surface area contributed by atoms with E-state index in [1.165, 1.54) is 0 Å². The predicted molar refractivity (Wildman–Crippen MR) is 132 cm³/mol. The van der Waals surface area contributed by atoms with Gasteiger partial charge >= 0.3 is 0 Å². The lowest BCUT2D eigenvalue weighted by molar-refractivity contribution is 0.0707. The number of amides is 1. The second-order valence-electron chi connectivity index (χ2n) is 8.54. The molecule has 1 aromatic carbocycles. The summed E-state index contributed by atoms with van der Waals surface area (Å²) >= 11 is 1.66. The Kier molecular flexibility index (Phi) is 5.50. The fourth-order valence-corrected chi connectivity index (χ4v) is 5.56. The van der Waals surface area contributed by atoms with E-state index in [2.05, 4.69) is 19.6 Å². The third-order valence-electron chi connectivity index (χ3n) is 6.39. The molecule has 1 amide bonds. The Bertz CT molecular complexity index is 1430. The Balaban J connectivity index is 1.14. The van der Waals surface area contributed by atoms with Crippen LogP contribution in [0.15, 0.2) is 84.1 Å². The molecule has 8 heteroatoms. The van der Waals surface area contributed by atoms with Crippen LogP contribution < -0.4 is 0 Å². The largest absolute Gasteiger partial charge is 0.339 e. The molecule has 5 heterocycles. The van der Waals surface area contributed by atoms with Crippen LogP contribution in [0.25, 0.3) is 11.3 Å². The van der Waals surface area contributed by atoms with Gasteiger partial charge in [-0.25, -0.2) is 4.98 Å². The van der Waals surface area contributed by atoms with Crippen molar-refractivity contribution >= 4 is 29.0 Å². The van der Waals surface area contributed by atoms with Crippen LogP contribution in [0.3, 0.4) is 0 Å². The maximum Gasteiger partial charge on any atom is 0.254 e. The molecule has 0 bridgehead atoms. The van der Waals surface area contributed by atoms with Gasteiger partial charge in [0, 0.05) is 48.2 Å². The number of pyridine rings is 2. The number of likely N-dealkylation sites (tertiary alicyclic amines) is 1. The van der Waals surface area contributed by atoms with Gasteiger partial charge in [-0.2, -0.15) is 0 Å². The summed E-state index contributed by atoms with van der Waals surface area (Å²) in [6.45, 7) is 1.44. The fraction of sp³-hybridized carbons (Fsp3) is 0.231. The van der Waals surface area contributed by atoms with E-state index in [-0.39, 0.29) is 5.91 Å². The average molecular weight is 469 g/mol. The number of benzene rings is 1. The number of fused-ring (bicyclic) bond motifs is 2. The van der Waals surface area contributed by atoms with E-state index >= 15 is 0 Å². The number of hydrogen-bond donors (Lipinski definition) is 0. The topological polar surface area (TPSA) is 67.8 Å². The number of hydrogen-bond acceptors (Lipinski definition) is 5. The van der Waals surface area contributed by atoms with E-state index in [9.17, 15) is 4.79 Å². The lowest BCUT2D eigenvalue weighted by Crippen LogP contribution is -2.38. The van der Waals surface area contributed by atoms with Crippen molar-refractivity contribution in [3.05, 3.63) is 96.3 Å². The van der Waals surface area contributed by atoms with Crippen LogP contribution in [0.4, 0.5) is 0 Å². The molecule has 0 saturated carbocycles. The van der Waals surface area contributed by atoms with Gasteiger partial charge in [-0.3, -0.25) is 9.20 Å². The molecule has 0 N–H and O–H groups in total. The van der Waals surface area contributed by atoms with Gasteiger partial charge in [-0.1, -0.05) is 24.3 Å². The monoisotopic (exact) mass is 468 g/mol. The van der Waals surface area contributed by atoms with Crippen LogP contribution in [-0.2, 0) is 5.75 Å². The SMILES string of the molecule is O=C(c1ccccc1SCc1cn2ccccc2n1)N1CCC(c2nnc3ccccn23)CC1. The van der Waals surface area contributed by atoms with Crippen molar-refractivity contribution < 1.29 is 4.79 Å². The molecule has 1 fully saturated rings. The first-order valence-corrected chi connectivity index (χ1v) is 12.5.